The van der Waals surface area contributed by atoms with Crippen molar-refractivity contribution in [3.8, 4) is 23.0 Å². The van der Waals surface area contributed by atoms with Gasteiger partial charge in [-0.2, -0.15) is 8.42 Å². The first-order valence-electron chi connectivity index (χ1n) is 12.8. The first-order valence-corrected chi connectivity index (χ1v) is 14.2. The molecule has 0 atom stereocenters. The number of rotatable bonds is 7. The van der Waals surface area contributed by atoms with Crippen molar-refractivity contribution in [3.05, 3.63) is 94.6 Å². The van der Waals surface area contributed by atoms with Crippen LogP contribution in [0.3, 0.4) is 0 Å². The van der Waals surface area contributed by atoms with Gasteiger partial charge in [-0.05, 0) is 88.2 Å². The molecule has 5 rings (SSSR count). The van der Waals surface area contributed by atoms with E-state index in [1.165, 1.54) is 0 Å². The molecule has 0 bridgehead atoms. The maximum atomic E-state index is 13.2. The third-order valence-electron chi connectivity index (χ3n) is 6.63. The normalized spacial score (nSPS) is 15.3. The Kier molecular flexibility index (Phi) is 6.81. The summed E-state index contributed by atoms with van der Waals surface area (Å²) in [5, 5.41) is 0. The number of ether oxygens (including phenoxy) is 3. The van der Waals surface area contributed by atoms with Crippen LogP contribution in [0.1, 0.15) is 47.2 Å². The molecule has 2 aliphatic heterocycles. The van der Waals surface area contributed by atoms with Gasteiger partial charge in [0.05, 0.1) is 5.56 Å². The summed E-state index contributed by atoms with van der Waals surface area (Å²) in [4.78, 5) is 0.176. The van der Waals surface area contributed by atoms with Crippen LogP contribution in [0.5, 0.6) is 23.0 Å². The van der Waals surface area contributed by atoms with Crippen molar-refractivity contribution in [2.24, 2.45) is 0 Å². The summed E-state index contributed by atoms with van der Waals surface area (Å²) < 4.78 is 50.3. The quantitative estimate of drug-likeness (QED) is 0.234. The second-order valence-corrected chi connectivity index (χ2v) is 11.9. The average Bonchev–Trinajstić information content (AvgIpc) is 2.85. The van der Waals surface area contributed by atoms with E-state index in [1.54, 1.807) is 38.1 Å². The van der Waals surface area contributed by atoms with Crippen LogP contribution in [0.4, 0.5) is 0 Å². The number of fused-ring (bicyclic) bond motifs is 3. The Hall–Kier alpha value is -3.97. The molecule has 6 nitrogen and oxygen atoms in total. The minimum atomic E-state index is -4.06. The SMILES string of the molecule is C=CCOc1cc(OS(=O)(=O)c2c(C)cc(C)cc2C)ccc1C1=Cc2ccc3c(c2OC1)C=CC(C)(C)O3. The molecular formula is C32H32O6S. The molecule has 0 radical (unpaired) electrons. The maximum absolute atomic E-state index is 13.2. The summed E-state index contributed by atoms with van der Waals surface area (Å²) in [5.41, 5.74) is 5.41. The average molecular weight is 545 g/mol. The Morgan fingerprint density at radius 1 is 1.05 bits per heavy atom. The Morgan fingerprint density at radius 3 is 2.51 bits per heavy atom. The maximum Gasteiger partial charge on any atom is 0.339 e. The van der Waals surface area contributed by atoms with Crippen LogP contribution in [0.25, 0.3) is 17.7 Å². The topological polar surface area (TPSA) is 71.1 Å². The van der Waals surface area contributed by atoms with Gasteiger partial charge in [-0.1, -0.05) is 30.4 Å². The van der Waals surface area contributed by atoms with E-state index in [2.05, 4.69) is 12.7 Å². The Balaban J connectivity index is 1.49. The zero-order chi connectivity index (χ0) is 27.9. The number of hydrogen-bond donors (Lipinski definition) is 0. The molecule has 2 heterocycles. The summed E-state index contributed by atoms with van der Waals surface area (Å²) in [6, 6.07) is 12.6. The van der Waals surface area contributed by atoms with Gasteiger partial charge in [-0.3, -0.25) is 0 Å². The Labute approximate surface area is 230 Å². The molecule has 0 spiro atoms. The minimum Gasteiger partial charge on any atom is -0.489 e. The second kappa shape index (κ2) is 9.97. The molecule has 3 aromatic carbocycles. The molecule has 39 heavy (non-hydrogen) atoms. The van der Waals surface area contributed by atoms with Gasteiger partial charge in [-0.15, -0.1) is 0 Å². The fourth-order valence-electron chi connectivity index (χ4n) is 5.07. The molecule has 0 aromatic heterocycles. The summed E-state index contributed by atoms with van der Waals surface area (Å²) in [6.45, 7) is 13.8. The van der Waals surface area contributed by atoms with Crippen LogP contribution in [-0.4, -0.2) is 27.2 Å². The van der Waals surface area contributed by atoms with E-state index >= 15 is 0 Å². The Bertz CT molecular complexity index is 1620. The molecule has 0 saturated heterocycles. The van der Waals surface area contributed by atoms with Gasteiger partial charge in [0.15, 0.2) is 0 Å². The lowest BCUT2D eigenvalue weighted by atomic mass is 9.95. The fraction of sp³-hybridized carbons (Fsp3) is 0.250. The van der Waals surface area contributed by atoms with Crippen LogP contribution in [0, 0.1) is 20.8 Å². The van der Waals surface area contributed by atoms with Gasteiger partial charge in [0.2, 0.25) is 0 Å². The lowest BCUT2D eigenvalue weighted by molar-refractivity contribution is 0.158. The van der Waals surface area contributed by atoms with Crippen LogP contribution in [0.2, 0.25) is 0 Å². The number of benzene rings is 3. The summed E-state index contributed by atoms with van der Waals surface area (Å²) in [5.74, 6) is 2.19. The number of hydrogen-bond acceptors (Lipinski definition) is 6. The van der Waals surface area contributed by atoms with Crippen LogP contribution in [-0.2, 0) is 10.1 Å². The van der Waals surface area contributed by atoms with E-state index in [0.717, 1.165) is 39.3 Å². The predicted octanol–water partition coefficient (Wildman–Crippen LogP) is 7.06. The summed E-state index contributed by atoms with van der Waals surface area (Å²) >= 11 is 0. The molecule has 2 aliphatic rings. The number of aryl methyl sites for hydroxylation is 3. The highest BCUT2D eigenvalue weighted by Gasteiger charge is 2.28. The zero-order valence-corrected chi connectivity index (χ0v) is 23.6. The van der Waals surface area contributed by atoms with E-state index in [1.807, 2.05) is 57.2 Å². The van der Waals surface area contributed by atoms with Crippen LogP contribution in [0.15, 0.2) is 66.1 Å². The van der Waals surface area contributed by atoms with Crippen molar-refractivity contribution in [2.45, 2.75) is 45.1 Å². The van der Waals surface area contributed by atoms with Crippen LogP contribution < -0.4 is 18.4 Å². The third kappa shape index (κ3) is 5.32. The van der Waals surface area contributed by atoms with E-state index in [9.17, 15) is 8.42 Å². The highest BCUT2D eigenvalue weighted by molar-refractivity contribution is 7.87. The molecule has 0 fully saturated rings. The second-order valence-electron chi connectivity index (χ2n) is 10.4. The van der Waals surface area contributed by atoms with E-state index in [4.69, 9.17) is 18.4 Å². The molecule has 0 amide bonds. The zero-order valence-electron chi connectivity index (χ0n) is 22.8. The van der Waals surface area contributed by atoms with E-state index < -0.39 is 10.1 Å². The molecule has 202 valence electrons. The Morgan fingerprint density at radius 2 is 1.79 bits per heavy atom. The van der Waals surface area contributed by atoms with E-state index in [-0.39, 0.29) is 22.9 Å². The van der Waals surface area contributed by atoms with Gasteiger partial charge in [0.25, 0.3) is 0 Å². The largest absolute Gasteiger partial charge is 0.489 e. The van der Waals surface area contributed by atoms with Crippen molar-refractivity contribution >= 4 is 27.8 Å². The van der Waals surface area contributed by atoms with Crippen molar-refractivity contribution in [3.63, 3.8) is 0 Å². The summed E-state index contributed by atoms with van der Waals surface area (Å²) in [6.07, 6.45) is 7.75. The van der Waals surface area contributed by atoms with Gasteiger partial charge < -0.3 is 18.4 Å². The third-order valence-corrected chi connectivity index (χ3v) is 8.18. The molecule has 7 heteroatoms. The lowest BCUT2D eigenvalue weighted by Gasteiger charge is -2.30. The first-order chi connectivity index (χ1) is 18.5. The monoisotopic (exact) mass is 544 g/mol. The lowest BCUT2D eigenvalue weighted by Crippen LogP contribution is -2.27. The molecule has 3 aromatic rings. The highest BCUT2D eigenvalue weighted by Crippen LogP contribution is 2.43. The van der Waals surface area contributed by atoms with Gasteiger partial charge in [0, 0.05) is 22.8 Å². The molecule has 0 unspecified atom stereocenters. The standard InChI is InChI=1S/C32H32O6S/c1-7-14-35-29-18-25(38-39(33,34)31-21(3)15-20(2)16-22(31)4)9-10-26(29)24-17-23-8-11-28-27(30(23)36-19-24)12-13-32(5,6)37-28/h7-13,15-18H,1,14,19H2,2-6H3. The van der Waals surface area contributed by atoms with E-state index in [0.29, 0.717) is 23.5 Å². The highest BCUT2D eigenvalue weighted by atomic mass is 32.2. The van der Waals surface area contributed by atoms with Gasteiger partial charge in [0.1, 0.15) is 46.7 Å². The first kappa shape index (κ1) is 26.6. The van der Waals surface area contributed by atoms with Crippen molar-refractivity contribution in [1.29, 1.82) is 0 Å². The molecule has 0 aliphatic carbocycles. The predicted molar refractivity (Wildman–Crippen MR) is 154 cm³/mol. The molecular weight excluding hydrogens is 512 g/mol. The van der Waals surface area contributed by atoms with Crippen molar-refractivity contribution < 1.29 is 26.8 Å². The van der Waals surface area contributed by atoms with Crippen molar-refractivity contribution in [1.82, 2.24) is 0 Å². The summed E-state index contributed by atoms with van der Waals surface area (Å²) in [7, 11) is -4.06. The van der Waals surface area contributed by atoms with Gasteiger partial charge in [-0.25, -0.2) is 0 Å². The molecule has 0 saturated carbocycles. The smallest absolute Gasteiger partial charge is 0.339 e. The van der Waals surface area contributed by atoms with Crippen LogP contribution >= 0.6 is 0 Å². The molecule has 0 N–H and O–H groups in total. The van der Waals surface area contributed by atoms with Gasteiger partial charge >= 0.3 is 10.1 Å². The fourth-order valence-corrected chi connectivity index (χ4v) is 6.42. The van der Waals surface area contributed by atoms with Crippen molar-refractivity contribution in [2.75, 3.05) is 13.2 Å². The minimum absolute atomic E-state index is 0.161.